The number of benzene rings is 3. The van der Waals surface area contributed by atoms with Crippen molar-refractivity contribution in [2.45, 2.75) is 25.7 Å². The fraction of sp³-hybridized carbons (Fsp3) is 0.182. The highest BCUT2D eigenvalue weighted by Gasteiger charge is 1.98. The van der Waals surface area contributed by atoms with Gasteiger partial charge >= 0.3 is 0 Å². The minimum absolute atomic E-state index is 1.17. The second-order valence-corrected chi connectivity index (χ2v) is 5.76. The molecule has 0 aliphatic carbocycles. The van der Waals surface area contributed by atoms with Crippen molar-refractivity contribution < 1.29 is 0 Å². The molecule has 0 N–H and O–H groups in total. The maximum Gasteiger partial charge on any atom is -0.0184 e. The standard InChI is InChI=1S/C22H22/c1-3-9-19(10-4-1)11-7-8-12-20-15-17-22(18-16-20)21-13-5-2-6-14-21/h1-6,9-10,13-18H,7-8,11-12H2. The Hall–Kier alpha value is -2.34. The summed E-state index contributed by atoms with van der Waals surface area (Å²) in [6.07, 6.45) is 4.86. The fourth-order valence-corrected chi connectivity index (χ4v) is 2.80. The molecule has 0 saturated carbocycles. The van der Waals surface area contributed by atoms with Crippen LogP contribution >= 0.6 is 0 Å². The molecule has 0 amide bonds. The Kier molecular flexibility index (Phi) is 5.04. The maximum absolute atomic E-state index is 2.27. The van der Waals surface area contributed by atoms with E-state index in [4.69, 9.17) is 0 Å². The lowest BCUT2D eigenvalue weighted by Gasteiger charge is -2.05. The minimum Gasteiger partial charge on any atom is -0.0622 e. The third kappa shape index (κ3) is 4.08. The van der Waals surface area contributed by atoms with Crippen LogP contribution in [0.15, 0.2) is 84.9 Å². The molecule has 0 aliphatic rings. The summed E-state index contributed by atoms with van der Waals surface area (Å²) >= 11 is 0. The lowest BCUT2D eigenvalue weighted by Crippen LogP contribution is -1.89. The van der Waals surface area contributed by atoms with E-state index in [0.717, 1.165) is 0 Å². The van der Waals surface area contributed by atoms with E-state index in [-0.39, 0.29) is 0 Å². The van der Waals surface area contributed by atoms with Crippen LogP contribution in [0.1, 0.15) is 24.0 Å². The molecule has 0 heterocycles. The van der Waals surface area contributed by atoms with Gasteiger partial charge in [-0.05, 0) is 47.9 Å². The zero-order valence-electron chi connectivity index (χ0n) is 12.9. The predicted molar refractivity (Wildman–Crippen MR) is 95.0 cm³/mol. The molecule has 0 atom stereocenters. The smallest absolute Gasteiger partial charge is 0.0184 e. The molecule has 0 unspecified atom stereocenters. The van der Waals surface area contributed by atoms with Gasteiger partial charge in [-0.3, -0.25) is 0 Å². The molecule has 0 heteroatoms. The first-order valence-corrected chi connectivity index (χ1v) is 8.10. The highest BCUT2D eigenvalue weighted by molar-refractivity contribution is 5.63. The Morgan fingerprint density at radius 1 is 0.409 bits per heavy atom. The van der Waals surface area contributed by atoms with E-state index in [0.29, 0.717) is 0 Å². The summed E-state index contributed by atoms with van der Waals surface area (Å²) in [6, 6.07) is 30.3. The van der Waals surface area contributed by atoms with Crippen molar-refractivity contribution in [1.29, 1.82) is 0 Å². The van der Waals surface area contributed by atoms with Crippen LogP contribution in [0.3, 0.4) is 0 Å². The SMILES string of the molecule is c1ccc(CCCCc2ccc(-c3ccccc3)cc2)cc1. The summed E-state index contributed by atoms with van der Waals surface area (Å²) in [6.45, 7) is 0. The molecule has 110 valence electrons. The van der Waals surface area contributed by atoms with E-state index in [1.54, 1.807) is 0 Å². The zero-order chi connectivity index (χ0) is 15.0. The molecular weight excluding hydrogens is 264 g/mol. The quantitative estimate of drug-likeness (QED) is 0.493. The van der Waals surface area contributed by atoms with E-state index in [2.05, 4.69) is 84.9 Å². The van der Waals surface area contributed by atoms with Gasteiger partial charge in [-0.25, -0.2) is 0 Å². The normalized spacial score (nSPS) is 10.5. The summed E-state index contributed by atoms with van der Waals surface area (Å²) in [5.74, 6) is 0. The number of unbranched alkanes of at least 4 members (excludes halogenated alkanes) is 1. The molecule has 3 aromatic carbocycles. The topological polar surface area (TPSA) is 0 Å². The summed E-state index contributed by atoms with van der Waals surface area (Å²) in [7, 11) is 0. The molecule has 22 heavy (non-hydrogen) atoms. The van der Waals surface area contributed by atoms with Crippen molar-refractivity contribution in [1.82, 2.24) is 0 Å². The average Bonchev–Trinajstić information content (AvgIpc) is 2.61. The van der Waals surface area contributed by atoms with Gasteiger partial charge in [-0.15, -0.1) is 0 Å². The summed E-state index contributed by atoms with van der Waals surface area (Å²) in [5, 5.41) is 0. The van der Waals surface area contributed by atoms with Gasteiger partial charge in [0, 0.05) is 0 Å². The highest BCUT2D eigenvalue weighted by Crippen LogP contribution is 2.20. The van der Waals surface area contributed by atoms with Crippen molar-refractivity contribution in [2.75, 3.05) is 0 Å². The van der Waals surface area contributed by atoms with Gasteiger partial charge in [0.05, 0.1) is 0 Å². The van der Waals surface area contributed by atoms with Crippen molar-refractivity contribution >= 4 is 0 Å². The molecule has 0 radical (unpaired) electrons. The van der Waals surface area contributed by atoms with Gasteiger partial charge in [-0.2, -0.15) is 0 Å². The van der Waals surface area contributed by atoms with Crippen LogP contribution in [0.2, 0.25) is 0 Å². The van der Waals surface area contributed by atoms with Crippen molar-refractivity contribution in [3.8, 4) is 11.1 Å². The predicted octanol–water partition coefficient (Wildman–Crippen LogP) is 5.92. The lowest BCUT2D eigenvalue weighted by molar-refractivity contribution is 0.734. The molecule has 0 aromatic heterocycles. The summed E-state index contributed by atoms with van der Waals surface area (Å²) in [5.41, 5.74) is 5.47. The second kappa shape index (κ2) is 7.61. The number of hydrogen-bond acceptors (Lipinski definition) is 0. The number of hydrogen-bond donors (Lipinski definition) is 0. The Labute approximate surface area is 133 Å². The van der Waals surface area contributed by atoms with Crippen molar-refractivity contribution in [3.05, 3.63) is 96.1 Å². The molecule has 0 spiro atoms. The summed E-state index contributed by atoms with van der Waals surface area (Å²) in [4.78, 5) is 0. The highest BCUT2D eigenvalue weighted by atomic mass is 14.0. The van der Waals surface area contributed by atoms with Crippen LogP contribution in [0.4, 0.5) is 0 Å². The van der Waals surface area contributed by atoms with Gasteiger partial charge in [0.25, 0.3) is 0 Å². The number of rotatable bonds is 6. The van der Waals surface area contributed by atoms with Crippen LogP contribution in [0, 0.1) is 0 Å². The fourth-order valence-electron chi connectivity index (χ4n) is 2.80. The third-order valence-corrected chi connectivity index (χ3v) is 4.08. The molecule has 0 nitrogen and oxygen atoms in total. The summed E-state index contributed by atoms with van der Waals surface area (Å²) < 4.78 is 0. The first-order valence-electron chi connectivity index (χ1n) is 8.10. The van der Waals surface area contributed by atoms with Crippen LogP contribution in [0.25, 0.3) is 11.1 Å². The van der Waals surface area contributed by atoms with Gasteiger partial charge in [0.15, 0.2) is 0 Å². The average molecular weight is 286 g/mol. The molecule has 0 saturated heterocycles. The second-order valence-electron chi connectivity index (χ2n) is 5.76. The molecule has 0 aliphatic heterocycles. The van der Waals surface area contributed by atoms with Crippen molar-refractivity contribution in [3.63, 3.8) is 0 Å². The van der Waals surface area contributed by atoms with E-state index in [9.17, 15) is 0 Å². The Morgan fingerprint density at radius 3 is 1.45 bits per heavy atom. The van der Waals surface area contributed by atoms with E-state index < -0.39 is 0 Å². The van der Waals surface area contributed by atoms with Crippen LogP contribution in [-0.2, 0) is 12.8 Å². The molecule has 3 aromatic rings. The molecule has 3 rings (SSSR count). The third-order valence-electron chi connectivity index (χ3n) is 4.08. The lowest BCUT2D eigenvalue weighted by atomic mass is 10.0. The largest absolute Gasteiger partial charge is 0.0622 e. The van der Waals surface area contributed by atoms with Crippen molar-refractivity contribution in [2.24, 2.45) is 0 Å². The minimum atomic E-state index is 1.17. The molecular formula is C22H22. The first-order chi connectivity index (χ1) is 10.9. The number of aryl methyl sites for hydroxylation is 2. The van der Waals surface area contributed by atoms with Gasteiger partial charge in [0.1, 0.15) is 0 Å². The van der Waals surface area contributed by atoms with E-state index in [1.165, 1.54) is 47.9 Å². The van der Waals surface area contributed by atoms with Crippen LogP contribution < -0.4 is 0 Å². The van der Waals surface area contributed by atoms with Gasteiger partial charge < -0.3 is 0 Å². The van der Waals surface area contributed by atoms with Gasteiger partial charge in [-0.1, -0.05) is 84.9 Å². The monoisotopic (exact) mass is 286 g/mol. The first kappa shape index (κ1) is 14.6. The van der Waals surface area contributed by atoms with Crippen LogP contribution in [0.5, 0.6) is 0 Å². The molecule has 0 bridgehead atoms. The van der Waals surface area contributed by atoms with Gasteiger partial charge in [0.2, 0.25) is 0 Å². The Balaban J connectivity index is 1.49. The van der Waals surface area contributed by atoms with E-state index in [1.807, 2.05) is 0 Å². The Bertz CT molecular complexity index is 666. The van der Waals surface area contributed by atoms with Crippen LogP contribution in [-0.4, -0.2) is 0 Å². The zero-order valence-corrected chi connectivity index (χ0v) is 12.9. The molecule has 0 fully saturated rings. The maximum atomic E-state index is 2.27. The van der Waals surface area contributed by atoms with E-state index >= 15 is 0 Å². The Morgan fingerprint density at radius 2 is 0.864 bits per heavy atom.